The van der Waals surface area contributed by atoms with Gasteiger partial charge in [-0.3, -0.25) is 10.2 Å². The Kier molecular flexibility index (Phi) is 3.49. The van der Waals surface area contributed by atoms with Gasteiger partial charge in [0.15, 0.2) is 0 Å². The molecule has 6 heteroatoms. The fourth-order valence-electron chi connectivity index (χ4n) is 0.584. The second-order valence-electron chi connectivity index (χ2n) is 2.80. The Balaban J connectivity index is 4.21. The standard InChI is InChI=1S/C6H14N4O2/c1-6(2,4(11)10-7)9-5(12)8-3/h7H2,1-3H3,(H,10,11)(H2,8,9,12). The average Bonchev–Trinajstić information content (AvgIpc) is 2.02. The summed E-state index contributed by atoms with van der Waals surface area (Å²) < 4.78 is 0. The molecule has 0 radical (unpaired) electrons. The zero-order chi connectivity index (χ0) is 9.78. The lowest BCUT2D eigenvalue weighted by Crippen LogP contribution is -2.58. The predicted octanol–water partition coefficient (Wildman–Crippen LogP) is -1.32. The van der Waals surface area contributed by atoms with Crippen molar-refractivity contribution in [3.05, 3.63) is 0 Å². The van der Waals surface area contributed by atoms with E-state index < -0.39 is 17.5 Å². The molecule has 6 nitrogen and oxygen atoms in total. The molecule has 0 fully saturated rings. The molecule has 12 heavy (non-hydrogen) atoms. The molecule has 0 aliphatic heterocycles. The van der Waals surface area contributed by atoms with Gasteiger partial charge in [0.2, 0.25) is 0 Å². The minimum atomic E-state index is -1.01. The summed E-state index contributed by atoms with van der Waals surface area (Å²) in [7, 11) is 1.46. The first kappa shape index (κ1) is 10.7. The molecule has 0 heterocycles. The third-order valence-corrected chi connectivity index (χ3v) is 1.35. The van der Waals surface area contributed by atoms with Crippen LogP contribution in [-0.2, 0) is 4.79 Å². The minimum Gasteiger partial charge on any atom is -0.341 e. The number of hydrazine groups is 1. The highest BCUT2D eigenvalue weighted by atomic mass is 16.2. The van der Waals surface area contributed by atoms with E-state index >= 15 is 0 Å². The smallest absolute Gasteiger partial charge is 0.315 e. The maximum Gasteiger partial charge on any atom is 0.315 e. The van der Waals surface area contributed by atoms with Gasteiger partial charge in [-0.1, -0.05) is 0 Å². The average molecular weight is 174 g/mol. The summed E-state index contributed by atoms with van der Waals surface area (Å²) in [5, 5.41) is 4.74. The quantitative estimate of drug-likeness (QED) is 0.237. The number of carbonyl (C=O) groups is 2. The number of hydrogen-bond acceptors (Lipinski definition) is 3. The lowest BCUT2D eigenvalue weighted by molar-refractivity contribution is -0.126. The van der Waals surface area contributed by atoms with E-state index in [4.69, 9.17) is 5.84 Å². The highest BCUT2D eigenvalue weighted by molar-refractivity contribution is 5.89. The Hall–Kier alpha value is -1.30. The number of rotatable bonds is 2. The molecule has 5 N–H and O–H groups in total. The Morgan fingerprint density at radius 3 is 2.17 bits per heavy atom. The fourth-order valence-corrected chi connectivity index (χ4v) is 0.584. The van der Waals surface area contributed by atoms with Gasteiger partial charge in [0.1, 0.15) is 5.54 Å². The van der Waals surface area contributed by atoms with Crippen molar-refractivity contribution in [1.82, 2.24) is 16.1 Å². The van der Waals surface area contributed by atoms with Crippen molar-refractivity contribution in [3.8, 4) is 0 Å². The lowest BCUT2D eigenvalue weighted by Gasteiger charge is -2.23. The summed E-state index contributed by atoms with van der Waals surface area (Å²) in [5.74, 6) is 4.45. The summed E-state index contributed by atoms with van der Waals surface area (Å²) in [5.41, 5.74) is 0.948. The van der Waals surface area contributed by atoms with Crippen LogP contribution in [0.15, 0.2) is 0 Å². The van der Waals surface area contributed by atoms with Crippen molar-refractivity contribution in [2.24, 2.45) is 5.84 Å². The summed E-state index contributed by atoms with van der Waals surface area (Å²) in [4.78, 5) is 21.8. The second kappa shape index (κ2) is 3.91. The minimum absolute atomic E-state index is 0.427. The molecular weight excluding hydrogens is 160 g/mol. The van der Waals surface area contributed by atoms with E-state index in [1.165, 1.54) is 7.05 Å². The molecule has 0 aromatic rings. The van der Waals surface area contributed by atoms with Crippen LogP contribution in [0.4, 0.5) is 4.79 Å². The monoisotopic (exact) mass is 174 g/mol. The summed E-state index contributed by atoms with van der Waals surface area (Å²) in [6.07, 6.45) is 0. The molecule has 0 spiro atoms. The van der Waals surface area contributed by atoms with E-state index in [1.54, 1.807) is 13.8 Å². The maximum atomic E-state index is 11.0. The van der Waals surface area contributed by atoms with Crippen LogP contribution in [-0.4, -0.2) is 24.5 Å². The molecular formula is C6H14N4O2. The molecule has 0 aliphatic carbocycles. The van der Waals surface area contributed by atoms with Crippen LogP contribution in [0.25, 0.3) is 0 Å². The molecule has 0 atom stereocenters. The van der Waals surface area contributed by atoms with Crippen LogP contribution < -0.4 is 21.9 Å². The second-order valence-corrected chi connectivity index (χ2v) is 2.80. The number of nitrogens with two attached hydrogens (primary N) is 1. The number of nitrogens with one attached hydrogen (secondary N) is 3. The Labute approximate surface area is 70.8 Å². The molecule has 0 saturated carbocycles. The van der Waals surface area contributed by atoms with Gasteiger partial charge in [0.05, 0.1) is 0 Å². The number of hydrogen-bond donors (Lipinski definition) is 4. The summed E-state index contributed by atoms with van der Waals surface area (Å²) >= 11 is 0. The van der Waals surface area contributed by atoms with E-state index in [-0.39, 0.29) is 0 Å². The van der Waals surface area contributed by atoms with E-state index in [1.807, 2.05) is 5.43 Å². The third-order valence-electron chi connectivity index (χ3n) is 1.35. The Bertz CT molecular complexity index is 190. The van der Waals surface area contributed by atoms with E-state index in [0.29, 0.717) is 0 Å². The van der Waals surface area contributed by atoms with E-state index in [9.17, 15) is 9.59 Å². The molecule has 0 aromatic carbocycles. The largest absolute Gasteiger partial charge is 0.341 e. The number of amides is 3. The molecule has 0 aromatic heterocycles. The molecule has 0 unspecified atom stereocenters. The first-order valence-corrected chi connectivity index (χ1v) is 3.45. The summed E-state index contributed by atoms with van der Waals surface area (Å²) in [6, 6.07) is -0.427. The predicted molar refractivity (Wildman–Crippen MR) is 44.0 cm³/mol. The van der Waals surface area contributed by atoms with Crippen molar-refractivity contribution in [1.29, 1.82) is 0 Å². The van der Waals surface area contributed by atoms with Crippen molar-refractivity contribution in [2.45, 2.75) is 19.4 Å². The SMILES string of the molecule is CNC(=O)NC(C)(C)C(=O)NN. The lowest BCUT2D eigenvalue weighted by atomic mass is 10.1. The van der Waals surface area contributed by atoms with Crippen LogP contribution >= 0.6 is 0 Å². The Morgan fingerprint density at radius 1 is 1.33 bits per heavy atom. The molecule has 0 aliphatic rings. The van der Waals surface area contributed by atoms with Gasteiger partial charge in [0.25, 0.3) is 5.91 Å². The van der Waals surface area contributed by atoms with Crippen LogP contribution in [0.5, 0.6) is 0 Å². The first-order chi connectivity index (χ1) is 5.44. The Morgan fingerprint density at radius 2 is 1.83 bits per heavy atom. The topological polar surface area (TPSA) is 96.2 Å². The molecule has 70 valence electrons. The van der Waals surface area contributed by atoms with Gasteiger partial charge in [0, 0.05) is 7.05 Å². The van der Waals surface area contributed by atoms with Gasteiger partial charge in [-0.25, -0.2) is 10.6 Å². The van der Waals surface area contributed by atoms with Gasteiger partial charge in [-0.05, 0) is 13.8 Å². The van der Waals surface area contributed by atoms with Crippen molar-refractivity contribution >= 4 is 11.9 Å². The van der Waals surface area contributed by atoms with Gasteiger partial charge < -0.3 is 10.6 Å². The number of carbonyl (C=O) groups excluding carboxylic acids is 2. The molecule has 0 rings (SSSR count). The van der Waals surface area contributed by atoms with Gasteiger partial charge in [-0.2, -0.15) is 0 Å². The van der Waals surface area contributed by atoms with Crippen molar-refractivity contribution < 1.29 is 9.59 Å². The molecule has 0 saturated heterocycles. The van der Waals surface area contributed by atoms with Gasteiger partial charge in [-0.15, -0.1) is 0 Å². The summed E-state index contributed by atoms with van der Waals surface area (Å²) in [6.45, 7) is 3.09. The maximum absolute atomic E-state index is 11.0. The third kappa shape index (κ3) is 2.75. The van der Waals surface area contributed by atoms with Crippen molar-refractivity contribution in [3.63, 3.8) is 0 Å². The zero-order valence-electron chi connectivity index (χ0n) is 7.39. The van der Waals surface area contributed by atoms with Crippen LogP contribution in [0, 0.1) is 0 Å². The number of urea groups is 1. The van der Waals surface area contributed by atoms with Gasteiger partial charge >= 0.3 is 6.03 Å². The van der Waals surface area contributed by atoms with E-state index in [2.05, 4.69) is 10.6 Å². The van der Waals surface area contributed by atoms with Crippen LogP contribution in [0.3, 0.4) is 0 Å². The highest BCUT2D eigenvalue weighted by Gasteiger charge is 2.28. The highest BCUT2D eigenvalue weighted by Crippen LogP contribution is 2.00. The zero-order valence-corrected chi connectivity index (χ0v) is 7.39. The van der Waals surface area contributed by atoms with E-state index in [0.717, 1.165) is 0 Å². The molecule has 3 amide bonds. The first-order valence-electron chi connectivity index (χ1n) is 3.45. The fraction of sp³-hybridized carbons (Fsp3) is 0.667. The van der Waals surface area contributed by atoms with Crippen LogP contribution in [0.2, 0.25) is 0 Å². The normalized spacial score (nSPS) is 10.3. The molecule has 0 bridgehead atoms. The van der Waals surface area contributed by atoms with Crippen molar-refractivity contribution in [2.75, 3.05) is 7.05 Å². The van der Waals surface area contributed by atoms with Crippen LogP contribution in [0.1, 0.15) is 13.8 Å².